The predicted octanol–water partition coefficient (Wildman–Crippen LogP) is 3.17. The summed E-state index contributed by atoms with van der Waals surface area (Å²) in [4.78, 5) is 14.2. The smallest absolute Gasteiger partial charge is 0.208 e. The van der Waals surface area contributed by atoms with Gasteiger partial charge in [-0.25, -0.2) is 9.97 Å². The van der Waals surface area contributed by atoms with Crippen LogP contribution in [-0.2, 0) is 6.42 Å². The maximum Gasteiger partial charge on any atom is 0.208 e. The minimum Gasteiger partial charge on any atom is -0.353 e. The topological polar surface area (TPSA) is 58.0 Å². The second-order valence-electron chi connectivity index (χ2n) is 6.90. The van der Waals surface area contributed by atoms with E-state index in [-0.39, 0.29) is 0 Å². The third-order valence-corrected chi connectivity index (χ3v) is 5.79. The number of benzene rings is 1. The summed E-state index contributed by atoms with van der Waals surface area (Å²) in [5, 5.41) is 10.5. The lowest BCUT2D eigenvalue weighted by Gasteiger charge is -2.36. The van der Waals surface area contributed by atoms with Crippen LogP contribution in [-0.4, -0.2) is 46.3 Å². The summed E-state index contributed by atoms with van der Waals surface area (Å²) >= 11 is 1.66. The molecule has 4 rings (SSSR count). The van der Waals surface area contributed by atoms with Gasteiger partial charge in [0.1, 0.15) is 16.6 Å². The first-order chi connectivity index (χ1) is 13.1. The molecule has 27 heavy (non-hydrogen) atoms. The fourth-order valence-corrected chi connectivity index (χ4v) is 4.25. The largest absolute Gasteiger partial charge is 0.353 e. The van der Waals surface area contributed by atoms with Crippen molar-refractivity contribution in [3.05, 3.63) is 58.0 Å². The summed E-state index contributed by atoms with van der Waals surface area (Å²) in [6.45, 7) is 9.79. The van der Waals surface area contributed by atoms with Crippen LogP contribution in [0.15, 0.2) is 30.3 Å². The lowest BCUT2D eigenvalue weighted by Crippen LogP contribution is -2.47. The summed E-state index contributed by atoms with van der Waals surface area (Å²) in [6.07, 6.45) is 0.859. The molecule has 3 heterocycles. The van der Waals surface area contributed by atoms with Gasteiger partial charge >= 0.3 is 0 Å². The molecular formula is C20H24N6S. The van der Waals surface area contributed by atoms with Gasteiger partial charge in [-0.05, 0) is 26.3 Å². The van der Waals surface area contributed by atoms with Gasteiger partial charge in [0, 0.05) is 43.9 Å². The Kier molecular flexibility index (Phi) is 5.03. The predicted molar refractivity (Wildman–Crippen MR) is 110 cm³/mol. The zero-order chi connectivity index (χ0) is 18.8. The van der Waals surface area contributed by atoms with Gasteiger partial charge in [-0.2, -0.15) is 0 Å². The van der Waals surface area contributed by atoms with E-state index >= 15 is 0 Å². The van der Waals surface area contributed by atoms with Crippen molar-refractivity contribution in [3.63, 3.8) is 0 Å². The van der Waals surface area contributed by atoms with Gasteiger partial charge in [0.15, 0.2) is 0 Å². The maximum atomic E-state index is 4.83. The maximum absolute atomic E-state index is 4.83. The average Bonchev–Trinajstić information content (AvgIpc) is 3.11. The molecule has 3 aromatic rings. The summed E-state index contributed by atoms with van der Waals surface area (Å²) in [6, 6.07) is 10.6. The van der Waals surface area contributed by atoms with E-state index in [1.54, 1.807) is 11.3 Å². The van der Waals surface area contributed by atoms with E-state index in [2.05, 4.69) is 62.2 Å². The lowest BCUT2D eigenvalue weighted by atomic mass is 10.0. The number of nitrogens with zero attached hydrogens (tertiary/aromatic N) is 6. The lowest BCUT2D eigenvalue weighted by molar-refractivity contribution is 0.638. The highest BCUT2D eigenvalue weighted by molar-refractivity contribution is 7.15. The highest BCUT2D eigenvalue weighted by Gasteiger charge is 2.24. The van der Waals surface area contributed by atoms with E-state index in [0.717, 1.165) is 60.1 Å². The van der Waals surface area contributed by atoms with Crippen LogP contribution >= 0.6 is 11.3 Å². The third kappa shape index (κ3) is 3.93. The monoisotopic (exact) mass is 380 g/mol. The Morgan fingerprint density at radius 2 is 1.59 bits per heavy atom. The molecule has 6 nitrogen and oxygen atoms in total. The van der Waals surface area contributed by atoms with E-state index < -0.39 is 0 Å². The molecule has 7 heteroatoms. The van der Waals surface area contributed by atoms with Crippen LogP contribution in [0.2, 0.25) is 0 Å². The molecule has 0 radical (unpaired) electrons. The van der Waals surface area contributed by atoms with E-state index in [1.165, 1.54) is 11.1 Å². The Bertz CT molecular complexity index is 915. The Labute approximate surface area is 163 Å². The van der Waals surface area contributed by atoms with Crippen LogP contribution in [0.4, 0.5) is 10.9 Å². The van der Waals surface area contributed by atoms with Gasteiger partial charge < -0.3 is 9.80 Å². The highest BCUT2D eigenvalue weighted by Crippen LogP contribution is 2.27. The van der Waals surface area contributed by atoms with Gasteiger partial charge in [0.25, 0.3) is 0 Å². The summed E-state index contributed by atoms with van der Waals surface area (Å²) in [5.41, 5.74) is 3.59. The van der Waals surface area contributed by atoms with Gasteiger partial charge in [0.05, 0.1) is 0 Å². The van der Waals surface area contributed by atoms with Crippen LogP contribution in [0.3, 0.4) is 0 Å². The Morgan fingerprint density at radius 3 is 2.26 bits per heavy atom. The minimum absolute atomic E-state index is 0.835. The van der Waals surface area contributed by atoms with E-state index in [0.29, 0.717) is 0 Å². The fraction of sp³-hybridized carbons (Fsp3) is 0.400. The Balaban J connectivity index is 1.56. The molecule has 1 aliphatic heterocycles. The first kappa shape index (κ1) is 17.9. The van der Waals surface area contributed by atoms with Crippen LogP contribution in [0.25, 0.3) is 0 Å². The first-order valence-electron chi connectivity index (χ1n) is 9.28. The first-order valence-corrected chi connectivity index (χ1v) is 10.1. The number of aryl methyl sites for hydroxylation is 3. The van der Waals surface area contributed by atoms with Crippen molar-refractivity contribution >= 4 is 22.3 Å². The second kappa shape index (κ2) is 7.60. The van der Waals surface area contributed by atoms with Gasteiger partial charge in [-0.15, -0.1) is 10.2 Å². The molecule has 0 spiro atoms. The molecule has 1 saturated heterocycles. The van der Waals surface area contributed by atoms with Crippen molar-refractivity contribution in [3.8, 4) is 0 Å². The Morgan fingerprint density at radius 1 is 0.889 bits per heavy atom. The molecule has 2 aromatic heterocycles. The molecule has 1 aromatic carbocycles. The zero-order valence-corrected chi connectivity index (χ0v) is 16.8. The average molecular weight is 381 g/mol. The molecule has 0 unspecified atom stereocenters. The molecule has 0 amide bonds. The van der Waals surface area contributed by atoms with Gasteiger partial charge in [-0.1, -0.05) is 41.7 Å². The molecule has 0 N–H and O–H groups in total. The van der Waals surface area contributed by atoms with Crippen molar-refractivity contribution in [2.75, 3.05) is 36.0 Å². The van der Waals surface area contributed by atoms with E-state index in [1.807, 2.05) is 13.8 Å². The normalized spacial score (nSPS) is 14.6. The number of hydrogen-bond acceptors (Lipinski definition) is 7. The van der Waals surface area contributed by atoms with E-state index in [9.17, 15) is 0 Å². The number of piperazine rings is 1. The third-order valence-electron chi connectivity index (χ3n) is 4.89. The zero-order valence-electron chi connectivity index (χ0n) is 16.0. The molecule has 0 bridgehead atoms. The second-order valence-corrected chi connectivity index (χ2v) is 8.06. The number of aromatic nitrogens is 4. The van der Waals surface area contributed by atoms with E-state index in [4.69, 9.17) is 4.98 Å². The molecule has 0 aliphatic carbocycles. The number of anilines is 2. The molecular weight excluding hydrogens is 356 g/mol. The van der Waals surface area contributed by atoms with Crippen molar-refractivity contribution in [1.82, 2.24) is 20.2 Å². The molecule has 1 aliphatic rings. The fourth-order valence-electron chi connectivity index (χ4n) is 3.51. The summed E-state index contributed by atoms with van der Waals surface area (Å²) in [5.74, 6) is 1.92. The quantitative estimate of drug-likeness (QED) is 0.693. The van der Waals surface area contributed by atoms with Gasteiger partial charge in [-0.3, -0.25) is 0 Å². The Hall–Kier alpha value is -2.54. The minimum atomic E-state index is 0.835. The van der Waals surface area contributed by atoms with Crippen LogP contribution < -0.4 is 9.80 Å². The van der Waals surface area contributed by atoms with Crippen molar-refractivity contribution in [2.24, 2.45) is 0 Å². The van der Waals surface area contributed by atoms with Crippen molar-refractivity contribution in [1.29, 1.82) is 0 Å². The molecule has 1 fully saturated rings. The standard InChI is InChI=1S/C20H24N6S/c1-14-18(13-17-7-5-4-6-8-17)19(22-15(2)21-14)25-9-11-26(12-10-25)20-24-23-16(3)27-20/h4-8H,9-13H2,1-3H3. The van der Waals surface area contributed by atoms with Crippen molar-refractivity contribution < 1.29 is 0 Å². The number of hydrogen-bond donors (Lipinski definition) is 0. The van der Waals surface area contributed by atoms with Crippen molar-refractivity contribution in [2.45, 2.75) is 27.2 Å². The van der Waals surface area contributed by atoms with Crippen LogP contribution in [0.5, 0.6) is 0 Å². The summed E-state index contributed by atoms with van der Waals surface area (Å²) in [7, 11) is 0. The number of rotatable bonds is 4. The van der Waals surface area contributed by atoms with Gasteiger partial charge in [0.2, 0.25) is 5.13 Å². The molecule has 140 valence electrons. The molecule has 0 saturated carbocycles. The highest BCUT2D eigenvalue weighted by atomic mass is 32.1. The van der Waals surface area contributed by atoms with Crippen LogP contribution in [0.1, 0.15) is 27.7 Å². The SMILES string of the molecule is Cc1nc(C)c(Cc2ccccc2)c(N2CCN(c3nnc(C)s3)CC2)n1. The molecule has 0 atom stereocenters. The van der Waals surface area contributed by atoms with Crippen LogP contribution in [0, 0.1) is 20.8 Å². The summed E-state index contributed by atoms with van der Waals surface area (Å²) < 4.78 is 0.